The molecule has 1 aromatic carbocycles. The van der Waals surface area contributed by atoms with Crippen molar-refractivity contribution in [1.29, 1.82) is 0 Å². The number of nitrogens with one attached hydrogen (secondary N) is 1. The molecular formula is C15H14N4O3. The molecule has 0 spiro atoms. The summed E-state index contributed by atoms with van der Waals surface area (Å²) in [5, 5.41) is 9.59. The van der Waals surface area contributed by atoms with Crippen LogP contribution in [-0.4, -0.2) is 37.8 Å². The molecule has 4 rings (SSSR count). The molecule has 7 nitrogen and oxygen atoms in total. The predicted molar refractivity (Wildman–Crippen MR) is 79.7 cm³/mol. The van der Waals surface area contributed by atoms with Crippen LogP contribution in [-0.2, 0) is 4.74 Å². The molecule has 1 fully saturated rings. The average Bonchev–Trinajstić information content (AvgIpc) is 3.12. The molecule has 1 atom stereocenters. The number of imidazole rings is 1. The number of aromatic nitrogens is 4. The molecule has 0 bridgehead atoms. The molecule has 0 unspecified atom stereocenters. The first kappa shape index (κ1) is 13.0. The van der Waals surface area contributed by atoms with Gasteiger partial charge in [-0.15, -0.1) is 0 Å². The van der Waals surface area contributed by atoms with Gasteiger partial charge in [0.25, 0.3) is 0 Å². The van der Waals surface area contributed by atoms with E-state index in [2.05, 4.69) is 15.0 Å². The zero-order chi connectivity index (χ0) is 15.1. The van der Waals surface area contributed by atoms with E-state index in [9.17, 15) is 9.90 Å². The van der Waals surface area contributed by atoms with Gasteiger partial charge < -0.3 is 14.8 Å². The molecule has 1 saturated heterocycles. The maximum atomic E-state index is 12.2. The van der Waals surface area contributed by atoms with E-state index in [0.29, 0.717) is 35.8 Å². The standard InChI is InChI=1S/C15H14N4O3/c20-11-3-1-2-9(6-11)13-16-7-12-14(18-13)19(15(21)17-12)10-4-5-22-8-10/h1-3,6-7,10,20H,4-5,8H2,(H,17,21)/t10-/m0/s1. The Morgan fingerprint density at radius 2 is 2.32 bits per heavy atom. The number of aromatic hydroxyl groups is 1. The first-order valence-corrected chi connectivity index (χ1v) is 7.07. The molecule has 3 heterocycles. The first-order chi connectivity index (χ1) is 10.7. The van der Waals surface area contributed by atoms with E-state index in [4.69, 9.17) is 4.74 Å². The van der Waals surface area contributed by atoms with E-state index < -0.39 is 0 Å². The van der Waals surface area contributed by atoms with E-state index in [0.717, 1.165) is 6.42 Å². The lowest BCUT2D eigenvalue weighted by molar-refractivity contribution is 0.186. The number of rotatable bonds is 2. The summed E-state index contributed by atoms with van der Waals surface area (Å²) in [7, 11) is 0. The van der Waals surface area contributed by atoms with Crippen LogP contribution in [0.25, 0.3) is 22.6 Å². The quantitative estimate of drug-likeness (QED) is 0.747. The first-order valence-electron chi connectivity index (χ1n) is 7.07. The lowest BCUT2D eigenvalue weighted by Gasteiger charge is -2.09. The van der Waals surface area contributed by atoms with Crippen LogP contribution in [0.5, 0.6) is 5.75 Å². The molecule has 0 amide bonds. The van der Waals surface area contributed by atoms with Gasteiger partial charge in [0, 0.05) is 12.2 Å². The number of ether oxygens (including phenoxy) is 1. The molecule has 0 radical (unpaired) electrons. The maximum absolute atomic E-state index is 12.2. The largest absolute Gasteiger partial charge is 0.508 e. The molecule has 7 heteroatoms. The van der Waals surface area contributed by atoms with Crippen molar-refractivity contribution in [3.63, 3.8) is 0 Å². The number of phenolic OH excluding ortho intramolecular Hbond substituents is 1. The van der Waals surface area contributed by atoms with Crippen LogP contribution >= 0.6 is 0 Å². The molecule has 112 valence electrons. The van der Waals surface area contributed by atoms with Crippen LogP contribution in [0.3, 0.4) is 0 Å². The van der Waals surface area contributed by atoms with Gasteiger partial charge in [0.2, 0.25) is 0 Å². The smallest absolute Gasteiger partial charge is 0.328 e. The third kappa shape index (κ3) is 2.06. The van der Waals surface area contributed by atoms with Gasteiger partial charge in [-0.2, -0.15) is 0 Å². The van der Waals surface area contributed by atoms with Gasteiger partial charge in [-0.05, 0) is 18.6 Å². The second-order valence-electron chi connectivity index (χ2n) is 5.30. The van der Waals surface area contributed by atoms with Crippen LogP contribution in [0.2, 0.25) is 0 Å². The van der Waals surface area contributed by atoms with Crippen LogP contribution in [0.15, 0.2) is 35.3 Å². The number of H-pyrrole nitrogens is 1. The van der Waals surface area contributed by atoms with Gasteiger partial charge in [0.15, 0.2) is 11.5 Å². The Bertz CT molecular complexity index is 893. The number of aromatic amines is 1. The van der Waals surface area contributed by atoms with Crippen molar-refractivity contribution in [3.8, 4) is 17.1 Å². The van der Waals surface area contributed by atoms with E-state index in [1.807, 2.05) is 6.07 Å². The van der Waals surface area contributed by atoms with Gasteiger partial charge in [0.05, 0.1) is 18.8 Å². The maximum Gasteiger partial charge on any atom is 0.328 e. The Hall–Kier alpha value is -2.67. The van der Waals surface area contributed by atoms with Crippen LogP contribution in [0.1, 0.15) is 12.5 Å². The van der Waals surface area contributed by atoms with Gasteiger partial charge in [0.1, 0.15) is 11.3 Å². The van der Waals surface area contributed by atoms with Crippen molar-refractivity contribution in [3.05, 3.63) is 40.9 Å². The summed E-state index contributed by atoms with van der Waals surface area (Å²) in [6, 6.07) is 6.72. The molecule has 22 heavy (non-hydrogen) atoms. The van der Waals surface area contributed by atoms with Gasteiger partial charge in [-0.1, -0.05) is 12.1 Å². The minimum Gasteiger partial charge on any atom is -0.508 e. The summed E-state index contributed by atoms with van der Waals surface area (Å²) in [5.74, 6) is 0.618. The number of hydrogen-bond acceptors (Lipinski definition) is 5. The Labute approximate surface area is 125 Å². The number of hydrogen-bond donors (Lipinski definition) is 2. The molecule has 0 aliphatic carbocycles. The van der Waals surface area contributed by atoms with Crippen molar-refractivity contribution in [2.24, 2.45) is 0 Å². The highest BCUT2D eigenvalue weighted by Gasteiger charge is 2.23. The zero-order valence-corrected chi connectivity index (χ0v) is 11.7. The van der Waals surface area contributed by atoms with E-state index in [-0.39, 0.29) is 17.5 Å². The Morgan fingerprint density at radius 1 is 1.41 bits per heavy atom. The fourth-order valence-corrected chi connectivity index (χ4v) is 2.76. The summed E-state index contributed by atoms with van der Waals surface area (Å²) in [6.07, 6.45) is 2.38. The second-order valence-corrected chi connectivity index (χ2v) is 5.30. The van der Waals surface area contributed by atoms with Crippen molar-refractivity contribution < 1.29 is 9.84 Å². The van der Waals surface area contributed by atoms with Crippen molar-refractivity contribution >= 4 is 11.2 Å². The number of benzene rings is 1. The minimum atomic E-state index is -0.201. The fourth-order valence-electron chi connectivity index (χ4n) is 2.76. The Kier molecular flexibility index (Phi) is 2.93. The third-order valence-electron chi connectivity index (χ3n) is 3.83. The second kappa shape index (κ2) is 4.96. The normalized spacial score (nSPS) is 18.1. The summed E-state index contributed by atoms with van der Waals surface area (Å²) in [4.78, 5) is 23.7. The summed E-state index contributed by atoms with van der Waals surface area (Å²) in [5.41, 5.74) is 1.66. The summed E-state index contributed by atoms with van der Waals surface area (Å²) in [6.45, 7) is 1.16. The Morgan fingerprint density at radius 3 is 3.09 bits per heavy atom. The van der Waals surface area contributed by atoms with Crippen LogP contribution < -0.4 is 5.69 Å². The van der Waals surface area contributed by atoms with Gasteiger partial charge >= 0.3 is 5.69 Å². The SMILES string of the molecule is O=c1[nH]c2cnc(-c3cccc(O)c3)nc2n1[C@H]1CCOC1. The average molecular weight is 298 g/mol. The monoisotopic (exact) mass is 298 g/mol. The summed E-state index contributed by atoms with van der Waals surface area (Å²) < 4.78 is 7.00. The number of phenols is 1. The zero-order valence-electron chi connectivity index (χ0n) is 11.7. The molecule has 1 aliphatic heterocycles. The highest BCUT2D eigenvalue weighted by atomic mass is 16.5. The van der Waals surface area contributed by atoms with Gasteiger partial charge in [-0.3, -0.25) is 4.57 Å². The highest BCUT2D eigenvalue weighted by Crippen LogP contribution is 2.24. The molecule has 0 saturated carbocycles. The van der Waals surface area contributed by atoms with E-state index in [1.165, 1.54) is 0 Å². The van der Waals surface area contributed by atoms with Crippen molar-refractivity contribution in [1.82, 2.24) is 19.5 Å². The van der Waals surface area contributed by atoms with E-state index in [1.54, 1.807) is 29.0 Å². The number of fused-ring (bicyclic) bond motifs is 1. The Balaban J connectivity index is 1.89. The molecular weight excluding hydrogens is 284 g/mol. The fraction of sp³-hybridized carbons (Fsp3) is 0.267. The van der Waals surface area contributed by atoms with Crippen LogP contribution in [0.4, 0.5) is 0 Å². The van der Waals surface area contributed by atoms with Gasteiger partial charge in [-0.25, -0.2) is 14.8 Å². The van der Waals surface area contributed by atoms with Crippen molar-refractivity contribution in [2.45, 2.75) is 12.5 Å². The van der Waals surface area contributed by atoms with Crippen molar-refractivity contribution in [2.75, 3.05) is 13.2 Å². The molecule has 2 aromatic heterocycles. The van der Waals surface area contributed by atoms with E-state index >= 15 is 0 Å². The number of nitrogens with zero attached hydrogens (tertiary/aromatic N) is 3. The lowest BCUT2D eigenvalue weighted by Crippen LogP contribution is -2.22. The predicted octanol–water partition coefficient (Wildman–Crippen LogP) is 1.45. The minimum absolute atomic E-state index is 0.00632. The highest BCUT2D eigenvalue weighted by molar-refractivity contribution is 5.73. The lowest BCUT2D eigenvalue weighted by atomic mass is 10.2. The third-order valence-corrected chi connectivity index (χ3v) is 3.83. The topological polar surface area (TPSA) is 93.0 Å². The summed E-state index contributed by atoms with van der Waals surface area (Å²) >= 11 is 0. The molecule has 3 aromatic rings. The molecule has 1 aliphatic rings. The van der Waals surface area contributed by atoms with Crippen LogP contribution in [0, 0.1) is 0 Å². The molecule has 2 N–H and O–H groups in total.